The fourth-order valence-electron chi connectivity index (χ4n) is 5.10. The lowest BCUT2D eigenvalue weighted by molar-refractivity contribution is -0.151. The van der Waals surface area contributed by atoms with Gasteiger partial charge in [-0.1, -0.05) is 11.8 Å². The first-order valence-electron chi connectivity index (χ1n) is 13.5. The number of methoxy groups -OCH3 is 2. The summed E-state index contributed by atoms with van der Waals surface area (Å²) in [5, 5.41) is 2.59. The molecular weight excluding hydrogens is 534 g/mol. The van der Waals surface area contributed by atoms with E-state index in [9.17, 15) is 14.4 Å². The molecule has 0 spiro atoms. The number of rotatable bonds is 9. The van der Waals surface area contributed by atoms with Crippen LogP contribution in [0.2, 0.25) is 0 Å². The van der Waals surface area contributed by atoms with Crippen LogP contribution in [-0.4, -0.2) is 72.8 Å². The van der Waals surface area contributed by atoms with Gasteiger partial charge in [0.1, 0.15) is 11.5 Å². The van der Waals surface area contributed by atoms with Gasteiger partial charge >= 0.3 is 11.9 Å². The largest absolute Gasteiger partial charge is 0.497 e. The predicted octanol–water partition coefficient (Wildman–Crippen LogP) is 4.42. The number of carbonyl (C=O) groups is 3. The second-order valence-electron chi connectivity index (χ2n) is 10.1. The molecule has 1 saturated heterocycles. The molecule has 0 saturated carbocycles. The SMILES string of the molecule is CCOC(=O)C1CCN(C(=O)CC2=CSC3=NC(C)=C(C(=O)OC(C)C)[C@H](c4cc(OC)cc(OC)c4)N23)CC1. The van der Waals surface area contributed by atoms with Crippen LogP contribution in [0.25, 0.3) is 0 Å². The standard InChI is InChI=1S/C29H37N3O7S/c1-7-38-27(34)19-8-10-31(11-9-19)24(33)14-21-16-40-29-30-18(4)25(28(35)39-17(2)3)26(32(21)29)20-12-22(36-5)15-23(13-20)37-6/h12-13,15-17,19,26H,7-11,14H2,1-6H3/t26-/m0/s1. The van der Waals surface area contributed by atoms with Gasteiger partial charge in [-0.15, -0.1) is 0 Å². The number of ether oxygens (including phenoxy) is 4. The normalized spacial score (nSPS) is 19.2. The van der Waals surface area contributed by atoms with Crippen molar-refractivity contribution in [2.45, 2.75) is 59.1 Å². The first-order chi connectivity index (χ1) is 19.2. The van der Waals surface area contributed by atoms with Crippen LogP contribution in [0.5, 0.6) is 11.5 Å². The van der Waals surface area contributed by atoms with Gasteiger partial charge in [-0.3, -0.25) is 9.59 Å². The Balaban J connectivity index is 1.63. The zero-order valence-corrected chi connectivity index (χ0v) is 24.7. The predicted molar refractivity (Wildman–Crippen MR) is 152 cm³/mol. The van der Waals surface area contributed by atoms with E-state index in [1.165, 1.54) is 11.8 Å². The van der Waals surface area contributed by atoms with Crippen molar-refractivity contribution in [2.24, 2.45) is 10.9 Å². The third-order valence-corrected chi connectivity index (χ3v) is 7.94. The summed E-state index contributed by atoms with van der Waals surface area (Å²) in [6.45, 7) is 8.52. The van der Waals surface area contributed by atoms with Crippen molar-refractivity contribution < 1.29 is 33.3 Å². The Morgan fingerprint density at radius 2 is 1.73 bits per heavy atom. The molecule has 1 fully saturated rings. The maximum Gasteiger partial charge on any atom is 0.338 e. The number of fused-ring (bicyclic) bond motifs is 1. The summed E-state index contributed by atoms with van der Waals surface area (Å²) in [6.07, 6.45) is 0.961. The van der Waals surface area contributed by atoms with Gasteiger partial charge in [-0.05, 0) is 63.6 Å². The van der Waals surface area contributed by atoms with E-state index in [0.717, 1.165) is 11.3 Å². The molecule has 1 atom stereocenters. The minimum absolute atomic E-state index is 0.0463. The van der Waals surface area contributed by atoms with Crippen molar-refractivity contribution in [3.8, 4) is 11.5 Å². The Morgan fingerprint density at radius 3 is 2.30 bits per heavy atom. The molecule has 0 aliphatic carbocycles. The molecule has 4 rings (SSSR count). The number of benzene rings is 1. The highest BCUT2D eigenvalue weighted by molar-refractivity contribution is 8.16. The molecule has 0 radical (unpaired) electrons. The Bertz CT molecular complexity index is 1230. The molecular formula is C29H37N3O7S. The molecule has 11 heteroatoms. The highest BCUT2D eigenvalue weighted by atomic mass is 32.2. The average molecular weight is 572 g/mol. The van der Waals surface area contributed by atoms with Crippen LogP contribution in [0, 0.1) is 5.92 Å². The Hall–Kier alpha value is -3.47. The van der Waals surface area contributed by atoms with E-state index in [-0.39, 0.29) is 30.3 Å². The summed E-state index contributed by atoms with van der Waals surface area (Å²) in [5.41, 5.74) is 2.42. The lowest BCUT2D eigenvalue weighted by Crippen LogP contribution is -2.42. The van der Waals surface area contributed by atoms with Gasteiger partial charge < -0.3 is 28.7 Å². The van der Waals surface area contributed by atoms with E-state index < -0.39 is 12.0 Å². The lowest BCUT2D eigenvalue weighted by Gasteiger charge is -2.37. The Morgan fingerprint density at radius 1 is 1.07 bits per heavy atom. The lowest BCUT2D eigenvalue weighted by atomic mass is 9.93. The van der Waals surface area contributed by atoms with E-state index in [4.69, 9.17) is 23.9 Å². The third-order valence-electron chi connectivity index (χ3n) is 7.05. The molecule has 1 amide bonds. The molecule has 0 bridgehead atoms. The van der Waals surface area contributed by atoms with Crippen molar-refractivity contribution in [2.75, 3.05) is 33.9 Å². The van der Waals surface area contributed by atoms with Crippen LogP contribution in [-0.2, 0) is 23.9 Å². The summed E-state index contributed by atoms with van der Waals surface area (Å²) in [7, 11) is 3.14. The second kappa shape index (κ2) is 12.8. The monoisotopic (exact) mass is 571 g/mol. The van der Waals surface area contributed by atoms with Crippen molar-refractivity contribution >= 4 is 34.8 Å². The molecule has 1 aromatic rings. The van der Waals surface area contributed by atoms with Gasteiger partial charge in [-0.2, -0.15) is 0 Å². The van der Waals surface area contributed by atoms with Crippen molar-refractivity contribution in [3.63, 3.8) is 0 Å². The summed E-state index contributed by atoms with van der Waals surface area (Å²) in [4.78, 5) is 47.5. The van der Waals surface area contributed by atoms with Gasteiger partial charge in [0.2, 0.25) is 5.91 Å². The first-order valence-corrected chi connectivity index (χ1v) is 14.4. The molecule has 10 nitrogen and oxygen atoms in total. The zero-order valence-electron chi connectivity index (χ0n) is 23.9. The van der Waals surface area contributed by atoms with Gasteiger partial charge in [0.15, 0.2) is 5.17 Å². The van der Waals surface area contributed by atoms with Crippen LogP contribution in [0.15, 0.2) is 45.6 Å². The number of hydrogen-bond donors (Lipinski definition) is 0. The third kappa shape index (κ3) is 6.29. The molecule has 40 heavy (non-hydrogen) atoms. The molecule has 1 aromatic carbocycles. The highest BCUT2D eigenvalue weighted by Gasteiger charge is 2.42. The number of aliphatic imine (C=N–C) groups is 1. The van der Waals surface area contributed by atoms with Crippen LogP contribution in [0.4, 0.5) is 0 Å². The summed E-state index contributed by atoms with van der Waals surface area (Å²) >= 11 is 1.42. The number of likely N-dealkylation sites (tertiary alicyclic amines) is 1. The second-order valence-corrected chi connectivity index (χ2v) is 10.9. The van der Waals surface area contributed by atoms with E-state index in [1.54, 1.807) is 52.9 Å². The number of amidine groups is 1. The van der Waals surface area contributed by atoms with E-state index in [0.29, 0.717) is 60.5 Å². The van der Waals surface area contributed by atoms with Crippen molar-refractivity contribution in [3.05, 3.63) is 46.1 Å². The molecule has 0 unspecified atom stereocenters. The number of piperidine rings is 1. The van der Waals surface area contributed by atoms with Crippen LogP contribution in [0.3, 0.4) is 0 Å². The van der Waals surface area contributed by atoms with Crippen molar-refractivity contribution in [1.29, 1.82) is 0 Å². The molecule has 216 valence electrons. The zero-order chi connectivity index (χ0) is 29.0. The van der Waals surface area contributed by atoms with Gasteiger partial charge in [0.25, 0.3) is 0 Å². The van der Waals surface area contributed by atoms with Gasteiger partial charge in [0.05, 0.1) is 56.6 Å². The Labute approximate surface area is 239 Å². The fraction of sp³-hybridized carbons (Fsp3) is 0.517. The fourth-order valence-corrected chi connectivity index (χ4v) is 6.07. The number of esters is 2. The minimum Gasteiger partial charge on any atom is -0.497 e. The summed E-state index contributed by atoms with van der Waals surface area (Å²) in [5.74, 6) is 0.260. The van der Waals surface area contributed by atoms with Gasteiger partial charge in [-0.25, -0.2) is 9.79 Å². The number of nitrogens with zero attached hydrogens (tertiary/aromatic N) is 3. The number of thioether (sulfide) groups is 1. The summed E-state index contributed by atoms with van der Waals surface area (Å²) in [6, 6.07) is 4.87. The van der Waals surface area contributed by atoms with E-state index in [2.05, 4.69) is 0 Å². The molecule has 0 aromatic heterocycles. The smallest absolute Gasteiger partial charge is 0.338 e. The van der Waals surface area contributed by atoms with Crippen LogP contribution >= 0.6 is 11.8 Å². The van der Waals surface area contributed by atoms with E-state index >= 15 is 0 Å². The minimum atomic E-state index is -0.605. The number of carbonyl (C=O) groups excluding carboxylic acids is 3. The number of hydrogen-bond acceptors (Lipinski definition) is 10. The van der Waals surface area contributed by atoms with Crippen LogP contribution < -0.4 is 9.47 Å². The topological polar surface area (TPSA) is 107 Å². The van der Waals surface area contributed by atoms with Gasteiger partial charge in [0, 0.05) is 24.9 Å². The van der Waals surface area contributed by atoms with E-state index in [1.807, 2.05) is 22.4 Å². The van der Waals surface area contributed by atoms with Crippen molar-refractivity contribution in [1.82, 2.24) is 9.80 Å². The van der Waals surface area contributed by atoms with Crippen LogP contribution in [0.1, 0.15) is 58.6 Å². The number of allylic oxidation sites excluding steroid dienone is 1. The maximum atomic E-state index is 13.4. The number of amides is 1. The maximum absolute atomic E-state index is 13.4. The Kier molecular flexibility index (Phi) is 9.44. The molecule has 3 aliphatic rings. The molecule has 3 heterocycles. The molecule has 3 aliphatic heterocycles. The molecule has 0 N–H and O–H groups in total. The summed E-state index contributed by atoms with van der Waals surface area (Å²) < 4.78 is 21.8. The quantitative estimate of drug-likeness (QED) is 0.398. The highest BCUT2D eigenvalue weighted by Crippen LogP contribution is 2.46. The first kappa shape index (κ1) is 29.5. The average Bonchev–Trinajstić information content (AvgIpc) is 3.33.